The van der Waals surface area contributed by atoms with Crippen molar-refractivity contribution in [1.29, 1.82) is 0 Å². The molecule has 0 aliphatic carbocycles. The Hall–Kier alpha value is -0.480. The first-order valence-corrected chi connectivity index (χ1v) is 5.20. The van der Waals surface area contributed by atoms with Crippen LogP contribution in [0.25, 0.3) is 0 Å². The van der Waals surface area contributed by atoms with Gasteiger partial charge < -0.3 is 5.21 Å². The van der Waals surface area contributed by atoms with E-state index in [0.29, 0.717) is 0 Å². The third-order valence-corrected chi connectivity index (χ3v) is 3.87. The molecule has 58 valence electrons. The van der Waals surface area contributed by atoms with Gasteiger partial charge in [-0.2, -0.15) is 0 Å². The van der Waals surface area contributed by atoms with Crippen LogP contribution in [0.1, 0.15) is 12.0 Å². The zero-order valence-corrected chi connectivity index (χ0v) is 7.41. The van der Waals surface area contributed by atoms with Crippen LogP contribution in [-0.2, 0) is 0 Å². The molecule has 0 unspecified atom stereocenters. The fourth-order valence-corrected chi connectivity index (χ4v) is 3.25. The summed E-state index contributed by atoms with van der Waals surface area (Å²) in [6, 6.07) is 2.02. The largest absolute Gasteiger partial charge is 0.411 e. The second-order valence-electron chi connectivity index (χ2n) is 2.27. The van der Waals surface area contributed by atoms with E-state index in [2.05, 4.69) is 5.16 Å². The Balaban J connectivity index is 2.48. The quantitative estimate of drug-likeness (QED) is 0.497. The molecule has 2 rings (SSSR count). The molecule has 1 N–H and O–H groups in total. The van der Waals surface area contributed by atoms with Gasteiger partial charge in [0.25, 0.3) is 0 Å². The van der Waals surface area contributed by atoms with Gasteiger partial charge in [-0.25, -0.2) is 0 Å². The molecule has 0 spiro atoms. The Morgan fingerprint density at radius 3 is 3.27 bits per heavy atom. The number of nitrogens with zero attached hydrogens (tertiary/aromatic N) is 1. The van der Waals surface area contributed by atoms with E-state index in [1.807, 2.05) is 23.2 Å². The molecule has 0 amide bonds. The average molecular weight is 185 g/mol. The smallest absolute Gasteiger partial charge is 0.0895 e. The first kappa shape index (κ1) is 7.18. The van der Waals surface area contributed by atoms with Gasteiger partial charge in [-0.1, -0.05) is 5.16 Å². The molecule has 2 nitrogen and oxygen atoms in total. The van der Waals surface area contributed by atoms with Crippen LogP contribution in [0.3, 0.4) is 0 Å². The molecule has 1 aromatic heterocycles. The van der Waals surface area contributed by atoms with Crippen molar-refractivity contribution in [2.45, 2.75) is 10.6 Å². The molecule has 1 aliphatic heterocycles. The normalized spacial score (nSPS) is 20.2. The third-order valence-electron chi connectivity index (χ3n) is 1.63. The standard InChI is InChI=1S/C7H7NOS2/c9-8-6-2-4-11-7-5(6)1-3-10-7/h1,3,9H,2,4H2/b8-6+. The number of rotatable bonds is 0. The molecule has 0 fully saturated rings. The highest BCUT2D eigenvalue weighted by molar-refractivity contribution is 8.01. The highest BCUT2D eigenvalue weighted by atomic mass is 32.2. The van der Waals surface area contributed by atoms with E-state index in [1.54, 1.807) is 11.3 Å². The number of thiophene rings is 1. The molecule has 1 aliphatic rings. The summed E-state index contributed by atoms with van der Waals surface area (Å²) in [5.74, 6) is 1.03. The van der Waals surface area contributed by atoms with Crippen LogP contribution in [0.5, 0.6) is 0 Å². The van der Waals surface area contributed by atoms with Crippen LogP contribution in [0.4, 0.5) is 0 Å². The van der Waals surface area contributed by atoms with Gasteiger partial charge in [0, 0.05) is 17.7 Å². The maximum atomic E-state index is 8.64. The van der Waals surface area contributed by atoms with Crippen molar-refractivity contribution in [3.05, 3.63) is 17.0 Å². The lowest BCUT2D eigenvalue weighted by Gasteiger charge is -2.10. The second-order valence-corrected chi connectivity index (χ2v) is 4.55. The zero-order chi connectivity index (χ0) is 7.68. The maximum Gasteiger partial charge on any atom is 0.0895 e. The number of hydrogen-bond donors (Lipinski definition) is 1. The van der Waals surface area contributed by atoms with E-state index < -0.39 is 0 Å². The first-order valence-electron chi connectivity index (χ1n) is 3.33. The Labute approximate surface area is 72.9 Å². The fraction of sp³-hybridized carbons (Fsp3) is 0.286. The molecule has 0 radical (unpaired) electrons. The van der Waals surface area contributed by atoms with Crippen LogP contribution in [0.15, 0.2) is 20.8 Å². The molecular weight excluding hydrogens is 178 g/mol. The summed E-state index contributed by atoms with van der Waals surface area (Å²) in [7, 11) is 0. The minimum absolute atomic E-state index is 0.833. The molecule has 11 heavy (non-hydrogen) atoms. The average Bonchev–Trinajstić information content (AvgIpc) is 2.50. The number of hydrogen-bond acceptors (Lipinski definition) is 4. The van der Waals surface area contributed by atoms with E-state index in [-0.39, 0.29) is 0 Å². The molecule has 0 saturated carbocycles. The first-order chi connectivity index (χ1) is 5.42. The van der Waals surface area contributed by atoms with Crippen molar-refractivity contribution < 1.29 is 5.21 Å². The van der Waals surface area contributed by atoms with Gasteiger partial charge in [-0.3, -0.25) is 0 Å². The second kappa shape index (κ2) is 2.87. The summed E-state index contributed by atoms with van der Waals surface area (Å²) >= 11 is 3.56. The summed E-state index contributed by atoms with van der Waals surface area (Å²) in [6.45, 7) is 0. The lowest BCUT2D eigenvalue weighted by Crippen LogP contribution is -2.06. The molecule has 4 heteroatoms. The van der Waals surface area contributed by atoms with Gasteiger partial charge in [0.05, 0.1) is 9.92 Å². The highest BCUT2D eigenvalue weighted by Gasteiger charge is 2.16. The molecule has 1 aromatic rings. The number of oxime groups is 1. The minimum Gasteiger partial charge on any atom is -0.411 e. The lowest BCUT2D eigenvalue weighted by molar-refractivity contribution is 0.318. The predicted molar refractivity (Wildman–Crippen MR) is 48.0 cm³/mol. The van der Waals surface area contributed by atoms with E-state index in [9.17, 15) is 0 Å². The predicted octanol–water partition coefficient (Wildman–Crippen LogP) is 2.42. The Kier molecular flexibility index (Phi) is 1.87. The molecular formula is C7H7NOS2. The van der Waals surface area contributed by atoms with E-state index in [4.69, 9.17) is 5.21 Å². The van der Waals surface area contributed by atoms with Crippen molar-refractivity contribution in [3.63, 3.8) is 0 Å². The summed E-state index contributed by atoms with van der Waals surface area (Å²) in [5, 5.41) is 13.9. The lowest BCUT2D eigenvalue weighted by atomic mass is 10.1. The van der Waals surface area contributed by atoms with Gasteiger partial charge in [-0.05, 0) is 11.4 Å². The SMILES string of the molecule is O/N=C1\CCSc2sccc21. The van der Waals surface area contributed by atoms with Gasteiger partial charge in [0.15, 0.2) is 0 Å². The van der Waals surface area contributed by atoms with Gasteiger partial charge in [0.1, 0.15) is 0 Å². The van der Waals surface area contributed by atoms with Crippen LogP contribution >= 0.6 is 23.1 Å². The molecule has 2 heterocycles. The Bertz CT molecular complexity index is 292. The van der Waals surface area contributed by atoms with Crippen LogP contribution in [0, 0.1) is 0 Å². The van der Waals surface area contributed by atoms with Crippen LogP contribution < -0.4 is 0 Å². The maximum absolute atomic E-state index is 8.64. The highest BCUT2D eigenvalue weighted by Crippen LogP contribution is 2.34. The van der Waals surface area contributed by atoms with E-state index >= 15 is 0 Å². The summed E-state index contributed by atoms with van der Waals surface area (Å²) in [5.41, 5.74) is 1.95. The minimum atomic E-state index is 0.833. The summed E-state index contributed by atoms with van der Waals surface area (Å²) in [4.78, 5) is 0. The summed E-state index contributed by atoms with van der Waals surface area (Å²) in [6.07, 6.45) is 0.880. The van der Waals surface area contributed by atoms with Crippen LogP contribution in [0.2, 0.25) is 0 Å². The van der Waals surface area contributed by atoms with Crippen molar-refractivity contribution >= 4 is 28.8 Å². The van der Waals surface area contributed by atoms with E-state index in [0.717, 1.165) is 23.4 Å². The number of thioether (sulfide) groups is 1. The van der Waals surface area contributed by atoms with Gasteiger partial charge in [0.2, 0.25) is 0 Å². The third kappa shape index (κ3) is 1.16. The monoisotopic (exact) mass is 185 g/mol. The van der Waals surface area contributed by atoms with Crippen molar-refractivity contribution in [3.8, 4) is 0 Å². The van der Waals surface area contributed by atoms with Gasteiger partial charge >= 0.3 is 0 Å². The topological polar surface area (TPSA) is 32.6 Å². The Morgan fingerprint density at radius 1 is 1.55 bits per heavy atom. The van der Waals surface area contributed by atoms with E-state index in [1.165, 1.54) is 4.21 Å². The zero-order valence-electron chi connectivity index (χ0n) is 5.78. The molecule has 0 saturated heterocycles. The number of fused-ring (bicyclic) bond motifs is 1. The van der Waals surface area contributed by atoms with Crippen molar-refractivity contribution in [2.24, 2.45) is 5.16 Å². The van der Waals surface area contributed by atoms with Crippen LogP contribution in [-0.4, -0.2) is 16.7 Å². The van der Waals surface area contributed by atoms with Crippen molar-refractivity contribution in [1.82, 2.24) is 0 Å². The molecule has 0 bridgehead atoms. The molecule has 0 aromatic carbocycles. The van der Waals surface area contributed by atoms with Gasteiger partial charge in [-0.15, -0.1) is 23.1 Å². The Morgan fingerprint density at radius 2 is 2.45 bits per heavy atom. The molecule has 0 atom stereocenters. The fourth-order valence-electron chi connectivity index (χ4n) is 1.10. The van der Waals surface area contributed by atoms with Crippen molar-refractivity contribution in [2.75, 3.05) is 5.75 Å². The summed E-state index contributed by atoms with van der Waals surface area (Å²) < 4.78 is 1.28.